The lowest BCUT2D eigenvalue weighted by molar-refractivity contribution is -0.142. The fraction of sp³-hybridized carbons (Fsp3) is 0.286. The molecular formula is C28H32N2O5. The molecule has 1 unspecified atom stereocenters. The highest BCUT2D eigenvalue weighted by Crippen LogP contribution is 2.27. The molecule has 35 heavy (non-hydrogen) atoms. The largest absolute Gasteiger partial charge is 0.496 e. The summed E-state index contributed by atoms with van der Waals surface area (Å²) in [6.45, 7) is 2.37. The van der Waals surface area contributed by atoms with Crippen molar-refractivity contribution in [3.05, 3.63) is 90.0 Å². The number of amides is 2. The van der Waals surface area contributed by atoms with Crippen LogP contribution in [-0.2, 0) is 22.6 Å². The smallest absolute Gasteiger partial charge is 0.261 e. The van der Waals surface area contributed by atoms with E-state index in [2.05, 4.69) is 5.32 Å². The van der Waals surface area contributed by atoms with E-state index in [9.17, 15) is 9.59 Å². The van der Waals surface area contributed by atoms with Gasteiger partial charge < -0.3 is 24.4 Å². The first kappa shape index (κ1) is 25.6. The number of hydrogen-bond donors (Lipinski definition) is 1. The van der Waals surface area contributed by atoms with E-state index in [-0.39, 0.29) is 25.0 Å². The Morgan fingerprint density at radius 1 is 0.829 bits per heavy atom. The number of nitrogens with one attached hydrogen (secondary N) is 1. The first-order valence-corrected chi connectivity index (χ1v) is 11.5. The molecule has 0 aliphatic heterocycles. The average Bonchev–Trinajstić information content (AvgIpc) is 2.90. The van der Waals surface area contributed by atoms with E-state index < -0.39 is 6.04 Å². The Balaban J connectivity index is 1.87. The fourth-order valence-electron chi connectivity index (χ4n) is 3.72. The van der Waals surface area contributed by atoms with Gasteiger partial charge in [0.05, 0.1) is 14.2 Å². The Labute approximate surface area is 206 Å². The number of likely N-dealkylation sites (N-methyl/N-ethyl adjacent to an activating group) is 1. The zero-order chi connectivity index (χ0) is 25.0. The van der Waals surface area contributed by atoms with Crippen molar-refractivity contribution in [1.29, 1.82) is 0 Å². The third kappa shape index (κ3) is 7.50. The van der Waals surface area contributed by atoms with Crippen molar-refractivity contribution in [3.8, 4) is 17.2 Å². The van der Waals surface area contributed by atoms with Gasteiger partial charge >= 0.3 is 0 Å². The minimum atomic E-state index is -0.700. The lowest BCUT2D eigenvalue weighted by atomic mass is 10.0. The molecule has 2 amide bonds. The Kier molecular flexibility index (Phi) is 9.54. The van der Waals surface area contributed by atoms with Gasteiger partial charge in [-0.2, -0.15) is 0 Å². The molecule has 1 N–H and O–H groups in total. The molecule has 0 radical (unpaired) electrons. The molecule has 3 rings (SSSR count). The normalized spacial score (nSPS) is 11.3. The van der Waals surface area contributed by atoms with Crippen molar-refractivity contribution < 1.29 is 23.8 Å². The summed E-state index contributed by atoms with van der Waals surface area (Å²) < 4.78 is 16.4. The van der Waals surface area contributed by atoms with Crippen molar-refractivity contribution in [1.82, 2.24) is 10.2 Å². The zero-order valence-electron chi connectivity index (χ0n) is 20.4. The summed E-state index contributed by atoms with van der Waals surface area (Å²) in [6.07, 6.45) is 0.387. The number of methoxy groups -OCH3 is 2. The molecule has 0 saturated heterocycles. The molecule has 0 aromatic heterocycles. The van der Waals surface area contributed by atoms with Crippen LogP contribution < -0.4 is 19.5 Å². The summed E-state index contributed by atoms with van der Waals surface area (Å²) in [6, 6.07) is 23.7. The maximum Gasteiger partial charge on any atom is 0.261 e. The second-order valence-electron chi connectivity index (χ2n) is 7.94. The molecule has 184 valence electrons. The van der Waals surface area contributed by atoms with Crippen molar-refractivity contribution in [2.24, 2.45) is 0 Å². The SMILES string of the molecule is CCNC(=O)C(Cc1ccccc1)N(Cc1ccccc1)C(=O)COc1cc(OC)cc(OC)c1. The molecule has 0 aliphatic rings. The minimum absolute atomic E-state index is 0.205. The second kappa shape index (κ2) is 13.0. The molecule has 1 atom stereocenters. The maximum absolute atomic E-state index is 13.5. The van der Waals surface area contributed by atoms with Gasteiger partial charge in [-0.25, -0.2) is 0 Å². The number of hydrogen-bond acceptors (Lipinski definition) is 5. The standard InChI is InChI=1S/C28H32N2O5/c1-4-29-28(32)26(15-21-11-7-5-8-12-21)30(19-22-13-9-6-10-14-22)27(31)20-35-25-17-23(33-2)16-24(18-25)34-3/h5-14,16-18,26H,4,15,19-20H2,1-3H3,(H,29,32). The van der Waals surface area contributed by atoms with E-state index in [0.717, 1.165) is 11.1 Å². The molecule has 0 spiro atoms. The average molecular weight is 477 g/mol. The summed E-state index contributed by atoms with van der Waals surface area (Å²) in [5.41, 5.74) is 1.89. The van der Waals surface area contributed by atoms with Gasteiger partial charge in [0, 0.05) is 37.7 Å². The van der Waals surface area contributed by atoms with Gasteiger partial charge in [-0.05, 0) is 18.1 Å². The van der Waals surface area contributed by atoms with Crippen LogP contribution in [0.1, 0.15) is 18.1 Å². The van der Waals surface area contributed by atoms with Gasteiger partial charge in [-0.3, -0.25) is 9.59 Å². The number of benzene rings is 3. The van der Waals surface area contributed by atoms with Gasteiger partial charge in [-0.15, -0.1) is 0 Å². The Bertz CT molecular complexity index is 1070. The molecule has 3 aromatic carbocycles. The van der Waals surface area contributed by atoms with Gasteiger partial charge in [0.15, 0.2) is 6.61 Å². The number of carbonyl (C=O) groups excluding carboxylic acids is 2. The van der Waals surface area contributed by atoms with Crippen LogP contribution in [0.25, 0.3) is 0 Å². The van der Waals surface area contributed by atoms with Crippen molar-refractivity contribution in [3.63, 3.8) is 0 Å². The molecule has 0 fully saturated rings. The predicted molar refractivity (Wildman–Crippen MR) is 135 cm³/mol. The number of rotatable bonds is 12. The van der Waals surface area contributed by atoms with Crippen molar-refractivity contribution in [2.75, 3.05) is 27.4 Å². The summed E-state index contributed by atoms with van der Waals surface area (Å²) in [5, 5.41) is 2.88. The van der Waals surface area contributed by atoms with Crippen LogP contribution in [-0.4, -0.2) is 50.1 Å². The van der Waals surface area contributed by atoms with Crippen LogP contribution in [0.4, 0.5) is 0 Å². The molecule has 0 saturated carbocycles. The van der Waals surface area contributed by atoms with Crippen LogP contribution in [0.15, 0.2) is 78.9 Å². The topological polar surface area (TPSA) is 77.1 Å². The quantitative estimate of drug-likeness (QED) is 0.430. The van der Waals surface area contributed by atoms with E-state index in [1.54, 1.807) is 37.3 Å². The molecule has 0 bridgehead atoms. The third-order valence-electron chi connectivity index (χ3n) is 5.51. The van der Waals surface area contributed by atoms with E-state index in [4.69, 9.17) is 14.2 Å². The Morgan fingerprint density at radius 3 is 1.91 bits per heavy atom. The molecule has 0 heterocycles. The van der Waals surface area contributed by atoms with Crippen LogP contribution in [0, 0.1) is 0 Å². The highest BCUT2D eigenvalue weighted by molar-refractivity contribution is 5.88. The Hall–Kier alpha value is -4.00. The highest BCUT2D eigenvalue weighted by Gasteiger charge is 2.30. The molecule has 3 aromatic rings. The molecule has 7 nitrogen and oxygen atoms in total. The summed E-state index contributed by atoms with van der Waals surface area (Å²) in [4.78, 5) is 28.3. The first-order valence-electron chi connectivity index (χ1n) is 11.5. The lowest BCUT2D eigenvalue weighted by Crippen LogP contribution is -2.51. The third-order valence-corrected chi connectivity index (χ3v) is 5.51. The monoisotopic (exact) mass is 476 g/mol. The Morgan fingerprint density at radius 2 is 1.37 bits per heavy atom. The van der Waals surface area contributed by atoms with Crippen LogP contribution >= 0.6 is 0 Å². The van der Waals surface area contributed by atoms with Crippen LogP contribution in [0.5, 0.6) is 17.2 Å². The van der Waals surface area contributed by atoms with Crippen LogP contribution in [0.2, 0.25) is 0 Å². The van der Waals surface area contributed by atoms with Crippen LogP contribution in [0.3, 0.4) is 0 Å². The van der Waals surface area contributed by atoms with Gasteiger partial charge in [0.1, 0.15) is 23.3 Å². The van der Waals surface area contributed by atoms with E-state index in [0.29, 0.717) is 30.2 Å². The number of nitrogens with zero attached hydrogens (tertiary/aromatic N) is 1. The van der Waals surface area contributed by atoms with E-state index in [1.165, 1.54) is 0 Å². The van der Waals surface area contributed by atoms with Gasteiger partial charge in [0.25, 0.3) is 5.91 Å². The summed E-state index contributed by atoms with van der Waals surface area (Å²) in [5.74, 6) is 1.03. The molecule has 7 heteroatoms. The molecular weight excluding hydrogens is 444 g/mol. The summed E-state index contributed by atoms with van der Waals surface area (Å²) >= 11 is 0. The number of carbonyl (C=O) groups is 2. The fourth-order valence-corrected chi connectivity index (χ4v) is 3.72. The van der Waals surface area contributed by atoms with E-state index in [1.807, 2.05) is 67.6 Å². The van der Waals surface area contributed by atoms with Gasteiger partial charge in [0.2, 0.25) is 5.91 Å². The highest BCUT2D eigenvalue weighted by atomic mass is 16.5. The summed E-state index contributed by atoms with van der Waals surface area (Å²) in [7, 11) is 3.09. The first-order chi connectivity index (χ1) is 17.0. The lowest BCUT2D eigenvalue weighted by Gasteiger charge is -2.31. The maximum atomic E-state index is 13.5. The zero-order valence-corrected chi connectivity index (χ0v) is 20.4. The predicted octanol–water partition coefficient (Wildman–Crippen LogP) is 3.86. The van der Waals surface area contributed by atoms with Gasteiger partial charge in [-0.1, -0.05) is 60.7 Å². The van der Waals surface area contributed by atoms with E-state index >= 15 is 0 Å². The second-order valence-corrected chi connectivity index (χ2v) is 7.94. The van der Waals surface area contributed by atoms with Crippen molar-refractivity contribution >= 4 is 11.8 Å². The molecule has 0 aliphatic carbocycles. The minimum Gasteiger partial charge on any atom is -0.496 e. The number of ether oxygens (including phenoxy) is 3. The van der Waals surface area contributed by atoms with Crippen molar-refractivity contribution in [2.45, 2.75) is 25.9 Å².